The van der Waals surface area contributed by atoms with Gasteiger partial charge in [0.2, 0.25) is 5.91 Å². The maximum absolute atomic E-state index is 12.5. The number of likely N-dealkylation sites (tertiary alicyclic amines) is 1. The van der Waals surface area contributed by atoms with E-state index in [0.29, 0.717) is 19.4 Å². The fourth-order valence-electron chi connectivity index (χ4n) is 2.49. The number of hydrogen-bond acceptors (Lipinski definition) is 5. The summed E-state index contributed by atoms with van der Waals surface area (Å²) in [5, 5.41) is 0. The van der Waals surface area contributed by atoms with Crippen molar-refractivity contribution < 1.29 is 23.9 Å². The van der Waals surface area contributed by atoms with Gasteiger partial charge in [0, 0.05) is 18.9 Å². The monoisotopic (exact) mass is 313 g/mol. The van der Waals surface area contributed by atoms with Crippen LogP contribution in [-0.2, 0) is 23.9 Å². The van der Waals surface area contributed by atoms with E-state index in [4.69, 9.17) is 4.74 Å². The van der Waals surface area contributed by atoms with E-state index in [2.05, 4.69) is 4.74 Å². The predicted octanol–water partition coefficient (Wildman–Crippen LogP) is 1.91. The molecule has 0 aromatic heterocycles. The quantitative estimate of drug-likeness (QED) is 0.725. The highest BCUT2D eigenvalue weighted by molar-refractivity contribution is 5.86. The molecule has 0 spiro atoms. The van der Waals surface area contributed by atoms with E-state index in [1.807, 2.05) is 20.8 Å². The summed E-state index contributed by atoms with van der Waals surface area (Å²) in [5.41, 5.74) is -0.565. The van der Waals surface area contributed by atoms with Gasteiger partial charge in [-0.2, -0.15) is 0 Å². The van der Waals surface area contributed by atoms with Crippen molar-refractivity contribution >= 4 is 17.8 Å². The van der Waals surface area contributed by atoms with Crippen LogP contribution in [0.4, 0.5) is 0 Å². The Morgan fingerprint density at radius 3 is 2.45 bits per heavy atom. The second kappa shape index (κ2) is 7.61. The van der Waals surface area contributed by atoms with Crippen LogP contribution in [0.25, 0.3) is 0 Å². The van der Waals surface area contributed by atoms with Gasteiger partial charge >= 0.3 is 11.9 Å². The fourth-order valence-corrected chi connectivity index (χ4v) is 2.49. The summed E-state index contributed by atoms with van der Waals surface area (Å²) in [6.07, 6.45) is 2.04. The molecule has 0 bridgehead atoms. The molecule has 2 atom stereocenters. The first-order valence-electron chi connectivity index (χ1n) is 7.76. The van der Waals surface area contributed by atoms with Gasteiger partial charge < -0.3 is 14.4 Å². The zero-order valence-electron chi connectivity index (χ0n) is 14.2. The molecule has 126 valence electrons. The Labute approximate surface area is 132 Å². The van der Waals surface area contributed by atoms with Crippen molar-refractivity contribution in [2.45, 2.75) is 65.0 Å². The smallest absolute Gasteiger partial charge is 0.329 e. The third-order valence-corrected chi connectivity index (χ3v) is 3.65. The van der Waals surface area contributed by atoms with E-state index < -0.39 is 11.6 Å². The van der Waals surface area contributed by atoms with Crippen molar-refractivity contribution in [3.63, 3.8) is 0 Å². The van der Waals surface area contributed by atoms with Crippen LogP contribution in [0.2, 0.25) is 0 Å². The number of methoxy groups -OCH3 is 1. The number of carbonyl (C=O) groups excluding carboxylic acids is 3. The third kappa shape index (κ3) is 5.31. The maximum atomic E-state index is 12.5. The standard InChI is InChI=1S/C16H27NO5/c1-11(8-9-13(18)21-5)14(19)17-10-6-7-12(17)15(20)22-16(2,3)4/h11-12H,6-10H2,1-5H3/t11?,12-/m0/s1. The second-order valence-corrected chi connectivity index (χ2v) is 6.74. The van der Waals surface area contributed by atoms with Gasteiger partial charge in [-0.15, -0.1) is 0 Å². The number of amides is 1. The van der Waals surface area contributed by atoms with Crippen molar-refractivity contribution in [3.8, 4) is 0 Å². The maximum Gasteiger partial charge on any atom is 0.329 e. The number of hydrogen-bond donors (Lipinski definition) is 0. The molecule has 0 saturated carbocycles. The Morgan fingerprint density at radius 2 is 1.91 bits per heavy atom. The first-order valence-corrected chi connectivity index (χ1v) is 7.76. The summed E-state index contributed by atoms with van der Waals surface area (Å²) in [6, 6.07) is -0.507. The normalized spacial score (nSPS) is 19.7. The molecule has 6 heteroatoms. The van der Waals surface area contributed by atoms with Gasteiger partial charge in [-0.05, 0) is 40.0 Å². The van der Waals surface area contributed by atoms with Gasteiger partial charge in [-0.3, -0.25) is 9.59 Å². The van der Waals surface area contributed by atoms with Crippen molar-refractivity contribution in [1.82, 2.24) is 4.90 Å². The molecule has 0 aromatic rings. The molecule has 1 rings (SSSR count). The van der Waals surface area contributed by atoms with E-state index in [1.54, 1.807) is 11.8 Å². The van der Waals surface area contributed by atoms with Crippen LogP contribution in [0.5, 0.6) is 0 Å². The number of nitrogens with zero attached hydrogens (tertiary/aromatic N) is 1. The zero-order valence-corrected chi connectivity index (χ0v) is 14.2. The Balaban J connectivity index is 2.63. The number of ether oxygens (including phenoxy) is 2. The van der Waals surface area contributed by atoms with Crippen molar-refractivity contribution in [1.29, 1.82) is 0 Å². The van der Waals surface area contributed by atoms with E-state index in [1.165, 1.54) is 7.11 Å². The van der Waals surface area contributed by atoms with Crippen molar-refractivity contribution in [3.05, 3.63) is 0 Å². The van der Waals surface area contributed by atoms with Crippen LogP contribution in [0, 0.1) is 5.92 Å². The SMILES string of the molecule is COC(=O)CCC(C)C(=O)N1CCC[C@H]1C(=O)OC(C)(C)C. The number of carbonyl (C=O) groups is 3. The summed E-state index contributed by atoms with van der Waals surface area (Å²) in [7, 11) is 1.33. The molecule has 0 aromatic carbocycles. The van der Waals surface area contributed by atoms with E-state index in [-0.39, 0.29) is 30.2 Å². The van der Waals surface area contributed by atoms with Crippen LogP contribution in [0.3, 0.4) is 0 Å². The summed E-state index contributed by atoms with van der Waals surface area (Å²) >= 11 is 0. The van der Waals surface area contributed by atoms with E-state index in [0.717, 1.165) is 6.42 Å². The van der Waals surface area contributed by atoms with Gasteiger partial charge in [0.15, 0.2) is 0 Å². The number of rotatable bonds is 5. The third-order valence-electron chi connectivity index (χ3n) is 3.65. The molecule has 1 amide bonds. The van der Waals surface area contributed by atoms with Crippen LogP contribution in [0.15, 0.2) is 0 Å². The average molecular weight is 313 g/mol. The van der Waals surface area contributed by atoms with Gasteiger partial charge in [0.25, 0.3) is 0 Å². The molecule has 6 nitrogen and oxygen atoms in total. The van der Waals surface area contributed by atoms with Crippen molar-refractivity contribution in [2.75, 3.05) is 13.7 Å². The minimum atomic E-state index is -0.565. The second-order valence-electron chi connectivity index (χ2n) is 6.74. The van der Waals surface area contributed by atoms with E-state index in [9.17, 15) is 14.4 Å². The van der Waals surface area contributed by atoms with Gasteiger partial charge in [0.1, 0.15) is 11.6 Å². The first-order chi connectivity index (χ1) is 10.2. The summed E-state index contributed by atoms with van der Waals surface area (Å²) in [5.74, 6) is -1.09. The largest absolute Gasteiger partial charge is 0.469 e. The lowest BCUT2D eigenvalue weighted by molar-refractivity contribution is -0.164. The Hall–Kier alpha value is -1.59. The fraction of sp³-hybridized carbons (Fsp3) is 0.812. The highest BCUT2D eigenvalue weighted by atomic mass is 16.6. The average Bonchev–Trinajstić information content (AvgIpc) is 2.90. The van der Waals surface area contributed by atoms with Gasteiger partial charge in [0.05, 0.1) is 7.11 Å². The molecule has 0 aliphatic carbocycles. The molecular formula is C16H27NO5. The van der Waals surface area contributed by atoms with Gasteiger partial charge in [-0.25, -0.2) is 4.79 Å². The summed E-state index contributed by atoms with van der Waals surface area (Å²) in [6.45, 7) is 7.77. The Morgan fingerprint density at radius 1 is 1.27 bits per heavy atom. The van der Waals surface area contributed by atoms with Crippen LogP contribution >= 0.6 is 0 Å². The van der Waals surface area contributed by atoms with Crippen molar-refractivity contribution in [2.24, 2.45) is 5.92 Å². The predicted molar refractivity (Wildman–Crippen MR) is 81.0 cm³/mol. The highest BCUT2D eigenvalue weighted by Gasteiger charge is 2.38. The lowest BCUT2D eigenvalue weighted by Gasteiger charge is -2.29. The molecule has 1 saturated heterocycles. The highest BCUT2D eigenvalue weighted by Crippen LogP contribution is 2.24. The minimum absolute atomic E-state index is 0.0998. The lowest BCUT2D eigenvalue weighted by Crippen LogP contribution is -2.45. The first kappa shape index (κ1) is 18.5. The topological polar surface area (TPSA) is 72.9 Å². The van der Waals surface area contributed by atoms with E-state index >= 15 is 0 Å². The van der Waals surface area contributed by atoms with Gasteiger partial charge in [-0.1, -0.05) is 6.92 Å². The minimum Gasteiger partial charge on any atom is -0.469 e. The van der Waals surface area contributed by atoms with Crippen LogP contribution in [-0.4, -0.2) is 48.0 Å². The molecule has 1 unspecified atom stereocenters. The molecular weight excluding hydrogens is 286 g/mol. The molecule has 0 N–H and O–H groups in total. The molecule has 0 radical (unpaired) electrons. The molecule has 1 heterocycles. The summed E-state index contributed by atoms with van der Waals surface area (Å²) in [4.78, 5) is 37.5. The number of esters is 2. The lowest BCUT2D eigenvalue weighted by atomic mass is 10.0. The Kier molecular flexibility index (Phi) is 6.38. The molecule has 1 aliphatic heterocycles. The van der Waals surface area contributed by atoms with Crippen LogP contribution in [0.1, 0.15) is 53.4 Å². The molecule has 1 fully saturated rings. The van der Waals surface area contributed by atoms with Crippen LogP contribution < -0.4 is 0 Å². The Bertz CT molecular complexity index is 427. The summed E-state index contributed by atoms with van der Waals surface area (Å²) < 4.78 is 9.97. The zero-order chi connectivity index (χ0) is 16.9. The molecule has 1 aliphatic rings. The molecule has 22 heavy (non-hydrogen) atoms.